The number of anilines is 1. The number of benzene rings is 1. The zero-order valence-electron chi connectivity index (χ0n) is 14.1. The van der Waals surface area contributed by atoms with Gasteiger partial charge in [0.2, 0.25) is 0 Å². The summed E-state index contributed by atoms with van der Waals surface area (Å²) in [6, 6.07) is 12.5. The van der Waals surface area contributed by atoms with Gasteiger partial charge in [0.25, 0.3) is 0 Å². The Bertz CT molecular complexity index is 905. The van der Waals surface area contributed by atoms with E-state index in [1.54, 1.807) is 0 Å². The van der Waals surface area contributed by atoms with Gasteiger partial charge >= 0.3 is 0 Å². The average molecular weight is 354 g/mol. The Morgan fingerprint density at radius 1 is 1.20 bits per heavy atom. The summed E-state index contributed by atoms with van der Waals surface area (Å²) in [4.78, 5) is 7.06. The first-order valence-electron chi connectivity index (χ1n) is 8.31. The predicted molar refractivity (Wildman–Crippen MR) is 101 cm³/mol. The molecule has 0 aliphatic carbocycles. The molecule has 1 aromatic carbocycles. The highest BCUT2D eigenvalue weighted by Crippen LogP contribution is 2.32. The first-order chi connectivity index (χ1) is 11.8. The second-order valence-electron chi connectivity index (χ2n) is 6.34. The van der Waals surface area contributed by atoms with E-state index in [9.17, 15) is 5.26 Å². The number of halogens is 1. The number of H-pyrrole nitrogens is 1. The number of aromatic amines is 1. The Labute approximate surface area is 153 Å². The van der Waals surface area contributed by atoms with Crippen molar-refractivity contribution in [3.05, 3.63) is 53.3 Å². The molecule has 25 heavy (non-hydrogen) atoms. The number of para-hydroxylation sites is 1. The molecular formula is C19H20ClN5. The molecule has 0 amide bonds. The van der Waals surface area contributed by atoms with Crippen molar-refractivity contribution in [2.24, 2.45) is 0 Å². The molecule has 0 unspecified atom stereocenters. The molecule has 0 atom stereocenters. The Balaban J connectivity index is 0.00000182. The number of pyridine rings is 1. The Morgan fingerprint density at radius 2 is 1.96 bits per heavy atom. The molecule has 0 spiro atoms. The number of rotatable bonds is 2. The van der Waals surface area contributed by atoms with Crippen LogP contribution in [0.15, 0.2) is 36.5 Å². The molecule has 4 rings (SSSR count). The fourth-order valence-corrected chi connectivity index (χ4v) is 3.62. The van der Waals surface area contributed by atoms with Crippen molar-refractivity contribution in [1.82, 2.24) is 15.2 Å². The molecule has 128 valence electrons. The standard InChI is InChI=1S/C19H19N5.ClH/c1-13-15-4-2-3-5-18(15)22-19(16(13)12-20)24-10-7-14(8-11-24)17-6-9-21-23-17;/h2-6,9,14H,7-8,10-11H2,1H3,(H,21,23);1H. The van der Waals surface area contributed by atoms with Gasteiger partial charge in [-0.15, -0.1) is 12.4 Å². The smallest absolute Gasteiger partial charge is 0.147 e. The lowest BCUT2D eigenvalue weighted by molar-refractivity contribution is 0.493. The fraction of sp³-hybridized carbons (Fsp3) is 0.316. The van der Waals surface area contributed by atoms with Gasteiger partial charge < -0.3 is 4.90 Å². The zero-order chi connectivity index (χ0) is 16.5. The number of aryl methyl sites for hydroxylation is 1. The quantitative estimate of drug-likeness (QED) is 0.757. The number of hydrogen-bond acceptors (Lipinski definition) is 4. The minimum absolute atomic E-state index is 0. The highest BCUT2D eigenvalue weighted by Gasteiger charge is 2.25. The average Bonchev–Trinajstić information content (AvgIpc) is 3.16. The van der Waals surface area contributed by atoms with E-state index in [0.29, 0.717) is 11.5 Å². The van der Waals surface area contributed by atoms with Crippen LogP contribution in [-0.4, -0.2) is 28.3 Å². The van der Waals surface area contributed by atoms with Gasteiger partial charge in [-0.2, -0.15) is 10.4 Å². The van der Waals surface area contributed by atoms with E-state index in [2.05, 4.69) is 27.2 Å². The molecule has 1 fully saturated rings. The molecule has 6 heteroatoms. The lowest BCUT2D eigenvalue weighted by atomic mass is 9.93. The van der Waals surface area contributed by atoms with Crippen molar-refractivity contribution in [2.75, 3.05) is 18.0 Å². The van der Waals surface area contributed by atoms with E-state index in [1.165, 1.54) is 5.69 Å². The normalized spacial score (nSPS) is 15.0. The summed E-state index contributed by atoms with van der Waals surface area (Å²) in [6.07, 6.45) is 3.89. The molecule has 1 saturated heterocycles. The summed E-state index contributed by atoms with van der Waals surface area (Å²) in [6.45, 7) is 3.83. The van der Waals surface area contributed by atoms with Gasteiger partial charge in [-0.25, -0.2) is 4.98 Å². The van der Waals surface area contributed by atoms with Gasteiger partial charge in [0, 0.05) is 36.3 Å². The van der Waals surface area contributed by atoms with Crippen LogP contribution in [0.4, 0.5) is 5.82 Å². The van der Waals surface area contributed by atoms with Crippen LogP contribution < -0.4 is 4.90 Å². The lowest BCUT2D eigenvalue weighted by Crippen LogP contribution is -2.34. The SMILES string of the molecule is Cc1c(C#N)c(N2CCC(c3ccn[nH]3)CC2)nc2ccccc12.Cl. The van der Waals surface area contributed by atoms with E-state index in [1.807, 2.05) is 37.4 Å². The maximum atomic E-state index is 9.66. The summed E-state index contributed by atoms with van der Waals surface area (Å²) >= 11 is 0. The molecule has 0 saturated carbocycles. The molecule has 2 aromatic heterocycles. The van der Waals surface area contributed by atoms with Crippen LogP contribution in [0.2, 0.25) is 0 Å². The summed E-state index contributed by atoms with van der Waals surface area (Å²) < 4.78 is 0. The van der Waals surface area contributed by atoms with Gasteiger partial charge in [0.1, 0.15) is 11.9 Å². The van der Waals surface area contributed by atoms with Crippen molar-refractivity contribution >= 4 is 29.1 Å². The van der Waals surface area contributed by atoms with Crippen LogP contribution in [0, 0.1) is 18.3 Å². The minimum atomic E-state index is 0. The molecule has 1 N–H and O–H groups in total. The van der Waals surface area contributed by atoms with E-state index >= 15 is 0 Å². The summed E-state index contributed by atoms with van der Waals surface area (Å²) in [7, 11) is 0. The number of nitrogens with one attached hydrogen (secondary N) is 1. The van der Waals surface area contributed by atoms with E-state index in [4.69, 9.17) is 4.98 Å². The molecule has 1 aliphatic heterocycles. The largest absolute Gasteiger partial charge is 0.355 e. The monoisotopic (exact) mass is 353 g/mol. The van der Waals surface area contributed by atoms with Crippen LogP contribution in [0.1, 0.15) is 35.6 Å². The first kappa shape index (κ1) is 17.2. The second-order valence-corrected chi connectivity index (χ2v) is 6.34. The summed E-state index contributed by atoms with van der Waals surface area (Å²) in [5, 5.41) is 17.9. The van der Waals surface area contributed by atoms with Gasteiger partial charge in [0.05, 0.1) is 11.1 Å². The number of fused-ring (bicyclic) bond motifs is 1. The highest BCUT2D eigenvalue weighted by molar-refractivity contribution is 5.87. The van der Waals surface area contributed by atoms with Crippen LogP contribution in [0.3, 0.4) is 0 Å². The number of hydrogen-bond donors (Lipinski definition) is 1. The van der Waals surface area contributed by atoms with E-state index in [0.717, 1.165) is 48.2 Å². The van der Waals surface area contributed by atoms with Crippen LogP contribution in [0.25, 0.3) is 10.9 Å². The van der Waals surface area contributed by atoms with Crippen molar-refractivity contribution < 1.29 is 0 Å². The molecule has 1 aliphatic rings. The number of nitriles is 1. The maximum Gasteiger partial charge on any atom is 0.147 e. The Hall–Kier alpha value is -2.58. The number of piperidine rings is 1. The van der Waals surface area contributed by atoms with Gasteiger partial charge in [0.15, 0.2) is 0 Å². The first-order valence-corrected chi connectivity index (χ1v) is 8.31. The lowest BCUT2D eigenvalue weighted by Gasteiger charge is -2.33. The van der Waals surface area contributed by atoms with Gasteiger partial charge in [-0.3, -0.25) is 5.10 Å². The molecule has 3 aromatic rings. The topological polar surface area (TPSA) is 68.6 Å². The van der Waals surface area contributed by atoms with Crippen molar-refractivity contribution in [3.8, 4) is 6.07 Å². The Kier molecular flexibility index (Phi) is 4.91. The van der Waals surface area contributed by atoms with Crippen LogP contribution in [-0.2, 0) is 0 Å². The highest BCUT2D eigenvalue weighted by atomic mass is 35.5. The summed E-state index contributed by atoms with van der Waals surface area (Å²) in [5.41, 5.74) is 3.89. The maximum absolute atomic E-state index is 9.66. The molecular weight excluding hydrogens is 334 g/mol. The van der Waals surface area contributed by atoms with Gasteiger partial charge in [-0.05, 0) is 37.5 Å². The molecule has 3 heterocycles. The van der Waals surface area contributed by atoms with E-state index in [-0.39, 0.29) is 12.4 Å². The minimum Gasteiger partial charge on any atom is -0.355 e. The van der Waals surface area contributed by atoms with Crippen LogP contribution >= 0.6 is 12.4 Å². The molecule has 5 nitrogen and oxygen atoms in total. The fourth-order valence-electron chi connectivity index (χ4n) is 3.62. The zero-order valence-corrected chi connectivity index (χ0v) is 14.9. The second kappa shape index (κ2) is 7.12. The third kappa shape index (κ3) is 3.06. The van der Waals surface area contributed by atoms with Crippen molar-refractivity contribution in [1.29, 1.82) is 5.26 Å². The predicted octanol–water partition coefficient (Wildman–Crippen LogP) is 3.94. The van der Waals surface area contributed by atoms with Crippen LogP contribution in [0.5, 0.6) is 0 Å². The third-order valence-corrected chi connectivity index (χ3v) is 5.00. The number of aromatic nitrogens is 3. The number of nitrogens with zero attached hydrogens (tertiary/aromatic N) is 4. The summed E-state index contributed by atoms with van der Waals surface area (Å²) in [5.74, 6) is 1.34. The van der Waals surface area contributed by atoms with Crippen molar-refractivity contribution in [2.45, 2.75) is 25.7 Å². The van der Waals surface area contributed by atoms with E-state index < -0.39 is 0 Å². The third-order valence-electron chi connectivity index (χ3n) is 5.00. The Morgan fingerprint density at radius 3 is 2.64 bits per heavy atom. The molecule has 0 radical (unpaired) electrons. The molecule has 0 bridgehead atoms. The van der Waals surface area contributed by atoms with Crippen molar-refractivity contribution in [3.63, 3.8) is 0 Å². The van der Waals surface area contributed by atoms with Gasteiger partial charge in [-0.1, -0.05) is 18.2 Å².